The third-order valence-corrected chi connectivity index (χ3v) is 2.67. The zero-order chi connectivity index (χ0) is 8.93. The van der Waals surface area contributed by atoms with Crippen LogP contribution < -0.4 is 0 Å². The van der Waals surface area contributed by atoms with Gasteiger partial charge in [-0.25, -0.2) is 0 Å². The molecule has 2 heterocycles. The Bertz CT molecular complexity index is 165. The van der Waals surface area contributed by atoms with E-state index in [2.05, 4.69) is 0 Å². The number of hydrogen-bond acceptors (Lipinski definition) is 3. The summed E-state index contributed by atoms with van der Waals surface area (Å²) in [6, 6.07) is 0. The SMILES string of the molecule is C1=COC(CCC2CCOCC2)O1. The molecule has 74 valence electrons. The summed E-state index contributed by atoms with van der Waals surface area (Å²) in [5.74, 6) is 0.807. The monoisotopic (exact) mass is 184 g/mol. The van der Waals surface area contributed by atoms with Gasteiger partial charge in [-0.1, -0.05) is 0 Å². The highest BCUT2D eigenvalue weighted by Crippen LogP contribution is 2.22. The summed E-state index contributed by atoms with van der Waals surface area (Å²) in [7, 11) is 0. The zero-order valence-corrected chi connectivity index (χ0v) is 7.78. The van der Waals surface area contributed by atoms with Crippen molar-refractivity contribution in [3.63, 3.8) is 0 Å². The second kappa shape index (κ2) is 4.51. The first kappa shape index (κ1) is 8.88. The lowest BCUT2D eigenvalue weighted by Crippen LogP contribution is -2.18. The summed E-state index contributed by atoms with van der Waals surface area (Å²) in [5.41, 5.74) is 0. The topological polar surface area (TPSA) is 27.7 Å². The summed E-state index contributed by atoms with van der Waals surface area (Å²) in [6.07, 6.45) is 7.79. The van der Waals surface area contributed by atoms with Crippen LogP contribution in [0, 0.1) is 5.92 Å². The van der Waals surface area contributed by atoms with E-state index < -0.39 is 0 Å². The molecule has 2 rings (SSSR count). The van der Waals surface area contributed by atoms with Crippen molar-refractivity contribution in [1.29, 1.82) is 0 Å². The molecule has 0 bridgehead atoms. The van der Waals surface area contributed by atoms with E-state index in [0.717, 1.165) is 25.6 Å². The van der Waals surface area contributed by atoms with Crippen LogP contribution in [0.4, 0.5) is 0 Å². The van der Waals surface area contributed by atoms with Crippen LogP contribution in [-0.4, -0.2) is 19.5 Å². The van der Waals surface area contributed by atoms with Crippen LogP contribution in [0.15, 0.2) is 12.5 Å². The molecule has 0 unspecified atom stereocenters. The van der Waals surface area contributed by atoms with Crippen LogP contribution in [0.5, 0.6) is 0 Å². The Balaban J connectivity index is 1.61. The molecule has 0 aliphatic carbocycles. The Hall–Kier alpha value is -0.700. The molecule has 0 spiro atoms. The van der Waals surface area contributed by atoms with Gasteiger partial charge in [0.05, 0.1) is 0 Å². The lowest BCUT2D eigenvalue weighted by Gasteiger charge is -2.22. The molecule has 0 aromatic heterocycles. The fourth-order valence-corrected chi connectivity index (χ4v) is 1.81. The maximum Gasteiger partial charge on any atom is 0.239 e. The third kappa shape index (κ3) is 2.62. The highest BCUT2D eigenvalue weighted by molar-refractivity contribution is 4.72. The van der Waals surface area contributed by atoms with E-state index in [1.54, 1.807) is 12.5 Å². The maximum absolute atomic E-state index is 5.30. The minimum absolute atomic E-state index is 0.0251. The standard InChI is InChI=1S/C10H16O3/c1(2-10-12-7-8-13-10)9-3-5-11-6-4-9/h7-10H,1-6H2. The minimum atomic E-state index is -0.0251. The molecular formula is C10H16O3. The van der Waals surface area contributed by atoms with Crippen molar-refractivity contribution in [2.45, 2.75) is 32.0 Å². The Labute approximate surface area is 78.7 Å². The molecule has 0 N–H and O–H groups in total. The Morgan fingerprint density at radius 2 is 1.69 bits per heavy atom. The summed E-state index contributed by atoms with van der Waals surface area (Å²) < 4.78 is 15.7. The van der Waals surface area contributed by atoms with Gasteiger partial charge in [-0.2, -0.15) is 0 Å². The van der Waals surface area contributed by atoms with Crippen LogP contribution in [0.3, 0.4) is 0 Å². The molecule has 3 nitrogen and oxygen atoms in total. The van der Waals surface area contributed by atoms with Crippen molar-refractivity contribution in [1.82, 2.24) is 0 Å². The molecule has 1 saturated heterocycles. The van der Waals surface area contributed by atoms with Gasteiger partial charge in [0.25, 0.3) is 0 Å². The first-order valence-corrected chi connectivity index (χ1v) is 4.99. The van der Waals surface area contributed by atoms with Gasteiger partial charge >= 0.3 is 0 Å². The van der Waals surface area contributed by atoms with Gasteiger partial charge in [-0.15, -0.1) is 0 Å². The predicted octanol–water partition coefficient (Wildman–Crippen LogP) is 2.04. The number of ether oxygens (including phenoxy) is 3. The van der Waals surface area contributed by atoms with Gasteiger partial charge in [0.2, 0.25) is 6.29 Å². The van der Waals surface area contributed by atoms with Crippen molar-refractivity contribution >= 4 is 0 Å². The summed E-state index contributed by atoms with van der Waals surface area (Å²) >= 11 is 0. The lowest BCUT2D eigenvalue weighted by molar-refractivity contribution is -0.0360. The molecule has 13 heavy (non-hydrogen) atoms. The minimum Gasteiger partial charge on any atom is -0.459 e. The first-order valence-electron chi connectivity index (χ1n) is 4.99. The average Bonchev–Trinajstić information content (AvgIpc) is 2.69. The van der Waals surface area contributed by atoms with Gasteiger partial charge in [-0.05, 0) is 25.2 Å². The largest absolute Gasteiger partial charge is 0.459 e. The normalized spacial score (nSPS) is 24.3. The molecule has 0 saturated carbocycles. The average molecular weight is 184 g/mol. The fraction of sp³-hybridized carbons (Fsp3) is 0.800. The highest BCUT2D eigenvalue weighted by Gasteiger charge is 2.18. The highest BCUT2D eigenvalue weighted by atomic mass is 16.7. The predicted molar refractivity (Wildman–Crippen MR) is 47.9 cm³/mol. The number of rotatable bonds is 3. The second-order valence-electron chi connectivity index (χ2n) is 3.61. The smallest absolute Gasteiger partial charge is 0.239 e. The Morgan fingerprint density at radius 3 is 2.38 bits per heavy atom. The van der Waals surface area contributed by atoms with Crippen LogP contribution in [-0.2, 0) is 14.2 Å². The molecule has 0 amide bonds. The fourth-order valence-electron chi connectivity index (χ4n) is 1.81. The van der Waals surface area contributed by atoms with Crippen LogP contribution >= 0.6 is 0 Å². The first-order chi connectivity index (χ1) is 6.45. The van der Waals surface area contributed by atoms with Crippen molar-refractivity contribution in [2.75, 3.05) is 13.2 Å². The summed E-state index contributed by atoms with van der Waals surface area (Å²) in [6.45, 7) is 1.85. The Kier molecular flexibility index (Phi) is 3.08. The summed E-state index contributed by atoms with van der Waals surface area (Å²) in [4.78, 5) is 0. The molecule has 0 aromatic carbocycles. The Morgan fingerprint density at radius 1 is 1.00 bits per heavy atom. The zero-order valence-electron chi connectivity index (χ0n) is 7.78. The molecule has 0 radical (unpaired) electrons. The van der Waals surface area contributed by atoms with E-state index in [0.29, 0.717) is 0 Å². The molecule has 3 heteroatoms. The van der Waals surface area contributed by atoms with E-state index in [4.69, 9.17) is 14.2 Å². The van der Waals surface area contributed by atoms with Gasteiger partial charge in [0.1, 0.15) is 12.5 Å². The maximum atomic E-state index is 5.30. The number of hydrogen-bond donors (Lipinski definition) is 0. The van der Waals surface area contributed by atoms with Crippen molar-refractivity contribution < 1.29 is 14.2 Å². The molecule has 2 aliphatic rings. The van der Waals surface area contributed by atoms with E-state index in [1.165, 1.54) is 19.3 Å². The van der Waals surface area contributed by atoms with Crippen LogP contribution in [0.1, 0.15) is 25.7 Å². The van der Waals surface area contributed by atoms with Gasteiger partial charge in [-0.3, -0.25) is 0 Å². The third-order valence-electron chi connectivity index (χ3n) is 2.67. The van der Waals surface area contributed by atoms with Gasteiger partial charge < -0.3 is 14.2 Å². The van der Waals surface area contributed by atoms with E-state index >= 15 is 0 Å². The molecule has 0 atom stereocenters. The van der Waals surface area contributed by atoms with E-state index in [-0.39, 0.29) is 6.29 Å². The molecule has 2 aliphatic heterocycles. The molecule has 0 aromatic rings. The molecule has 1 fully saturated rings. The van der Waals surface area contributed by atoms with Gasteiger partial charge in [0, 0.05) is 19.6 Å². The van der Waals surface area contributed by atoms with Crippen LogP contribution in [0.25, 0.3) is 0 Å². The second-order valence-corrected chi connectivity index (χ2v) is 3.61. The lowest BCUT2D eigenvalue weighted by atomic mass is 9.95. The summed E-state index contributed by atoms with van der Waals surface area (Å²) in [5, 5.41) is 0. The van der Waals surface area contributed by atoms with Gasteiger partial charge in [0.15, 0.2) is 0 Å². The molecular weight excluding hydrogens is 168 g/mol. The van der Waals surface area contributed by atoms with Crippen molar-refractivity contribution in [3.05, 3.63) is 12.5 Å². The van der Waals surface area contributed by atoms with E-state index in [1.807, 2.05) is 0 Å². The van der Waals surface area contributed by atoms with Crippen molar-refractivity contribution in [3.8, 4) is 0 Å². The van der Waals surface area contributed by atoms with Crippen molar-refractivity contribution in [2.24, 2.45) is 5.92 Å². The quantitative estimate of drug-likeness (QED) is 0.671. The van der Waals surface area contributed by atoms with Crippen LogP contribution in [0.2, 0.25) is 0 Å². The van der Waals surface area contributed by atoms with E-state index in [9.17, 15) is 0 Å².